The minimum absolute atomic E-state index is 0.0139. The van der Waals surface area contributed by atoms with Gasteiger partial charge in [-0.15, -0.1) is 0 Å². The predicted octanol–water partition coefficient (Wildman–Crippen LogP) is 3.71. The summed E-state index contributed by atoms with van der Waals surface area (Å²) in [6.07, 6.45) is 4.15. The third-order valence-electron chi connectivity index (χ3n) is 8.32. The van der Waals surface area contributed by atoms with Crippen LogP contribution in [-0.4, -0.2) is 135 Å². The van der Waals surface area contributed by atoms with Crippen molar-refractivity contribution in [3.05, 3.63) is 110 Å². The monoisotopic (exact) mass is 858 g/mol. The Morgan fingerprint density at radius 2 is 0.754 bits per heavy atom. The highest BCUT2D eigenvalue weighted by Crippen LogP contribution is 2.33. The van der Waals surface area contributed by atoms with Gasteiger partial charge in [0.25, 0.3) is 0 Å². The zero-order chi connectivity index (χ0) is 45.5. The molecule has 16 heteroatoms. The summed E-state index contributed by atoms with van der Waals surface area (Å²) in [6, 6.07) is 15.1. The smallest absolute Gasteiger partial charge is 0.330 e. The van der Waals surface area contributed by atoms with Gasteiger partial charge in [-0.3, -0.25) is 0 Å². The number of ether oxygens (including phenoxy) is 8. The molecular weight excluding hydrogens is 796 g/mol. The van der Waals surface area contributed by atoms with Crippen LogP contribution in [0.5, 0.6) is 11.5 Å². The fourth-order valence-corrected chi connectivity index (χ4v) is 4.83. The minimum Gasteiger partial charge on any atom is -0.491 e. The van der Waals surface area contributed by atoms with Crippen molar-refractivity contribution in [3.63, 3.8) is 0 Å². The lowest BCUT2D eigenvalue weighted by molar-refractivity contribution is -0.142. The van der Waals surface area contributed by atoms with Crippen molar-refractivity contribution in [1.29, 1.82) is 0 Å². The molecule has 0 spiro atoms. The number of carbonyl (C=O) groups excluding carboxylic acids is 4. The summed E-state index contributed by atoms with van der Waals surface area (Å²) in [5.41, 5.74) is 1.80. The SMILES string of the molecule is C=CC(=O)OCC(O)COCCCCCCOCC(O)COC(=O)C=C.C=CC(=O)OCC(O)COc1ccc(C(C)(C)c2ccc(OCC(O)COC(=O)C=C)cc2)cc1. The molecular formula is C45H62O16. The molecule has 2 aromatic carbocycles. The number of carbonyl (C=O) groups is 4. The van der Waals surface area contributed by atoms with Gasteiger partial charge in [0, 0.05) is 42.9 Å². The summed E-state index contributed by atoms with van der Waals surface area (Å²) in [5.74, 6) is -1.17. The number of aliphatic hydroxyl groups excluding tert-OH is 4. The van der Waals surface area contributed by atoms with Gasteiger partial charge in [0.2, 0.25) is 0 Å². The van der Waals surface area contributed by atoms with Crippen LogP contribution < -0.4 is 9.47 Å². The van der Waals surface area contributed by atoms with Crippen molar-refractivity contribution in [1.82, 2.24) is 0 Å². The maximum Gasteiger partial charge on any atom is 0.330 e. The van der Waals surface area contributed by atoms with Gasteiger partial charge in [-0.25, -0.2) is 19.2 Å². The Kier molecular flexibility index (Phi) is 27.7. The first-order valence-electron chi connectivity index (χ1n) is 19.7. The van der Waals surface area contributed by atoms with Crippen molar-refractivity contribution in [2.75, 3.05) is 66.1 Å². The van der Waals surface area contributed by atoms with Crippen molar-refractivity contribution in [2.45, 2.75) is 69.4 Å². The van der Waals surface area contributed by atoms with E-state index in [1.807, 2.05) is 48.5 Å². The molecule has 0 bridgehead atoms. The lowest BCUT2D eigenvalue weighted by Gasteiger charge is -2.26. The number of aliphatic hydroxyl groups is 4. The molecule has 2 rings (SSSR count). The first-order chi connectivity index (χ1) is 29.1. The van der Waals surface area contributed by atoms with Gasteiger partial charge in [-0.1, -0.05) is 77.3 Å². The molecule has 0 aromatic heterocycles. The number of esters is 4. The van der Waals surface area contributed by atoms with Gasteiger partial charge in [0.1, 0.15) is 75.6 Å². The average molecular weight is 859 g/mol. The molecule has 0 saturated heterocycles. The van der Waals surface area contributed by atoms with Crippen molar-refractivity contribution in [3.8, 4) is 11.5 Å². The van der Waals surface area contributed by atoms with E-state index in [0.29, 0.717) is 24.7 Å². The van der Waals surface area contributed by atoms with Crippen LogP contribution in [0, 0.1) is 0 Å². The fraction of sp³-hybridized carbons (Fsp3) is 0.467. The Labute approximate surface area is 358 Å². The van der Waals surface area contributed by atoms with E-state index in [4.69, 9.17) is 28.4 Å². The highest BCUT2D eigenvalue weighted by Gasteiger charge is 2.23. The van der Waals surface area contributed by atoms with Crippen LogP contribution in [-0.2, 0) is 53.0 Å². The molecule has 0 radical (unpaired) electrons. The van der Waals surface area contributed by atoms with E-state index in [1.54, 1.807) is 0 Å². The van der Waals surface area contributed by atoms with Crippen LogP contribution in [0.15, 0.2) is 99.2 Å². The van der Waals surface area contributed by atoms with E-state index in [0.717, 1.165) is 61.1 Å². The van der Waals surface area contributed by atoms with E-state index in [1.165, 1.54) is 0 Å². The van der Waals surface area contributed by atoms with Gasteiger partial charge in [0.15, 0.2) is 0 Å². The summed E-state index contributed by atoms with van der Waals surface area (Å²) in [5, 5.41) is 38.7. The molecule has 4 N–H and O–H groups in total. The maximum absolute atomic E-state index is 11.0. The first-order valence-corrected chi connectivity index (χ1v) is 19.7. The molecule has 0 heterocycles. The third-order valence-corrected chi connectivity index (χ3v) is 8.32. The van der Waals surface area contributed by atoms with Gasteiger partial charge >= 0.3 is 23.9 Å². The number of unbranched alkanes of at least 4 members (excludes halogenated alkanes) is 3. The van der Waals surface area contributed by atoms with Crippen molar-refractivity contribution in [2.24, 2.45) is 0 Å². The maximum atomic E-state index is 11.0. The molecule has 0 aliphatic carbocycles. The summed E-state index contributed by atoms with van der Waals surface area (Å²) < 4.78 is 40.7. The van der Waals surface area contributed by atoms with Gasteiger partial charge in [-0.05, 0) is 48.2 Å². The summed E-state index contributed by atoms with van der Waals surface area (Å²) >= 11 is 0. The molecule has 16 nitrogen and oxygen atoms in total. The Hall–Kier alpha value is -5.36. The Balaban J connectivity index is 0.000000640. The molecule has 338 valence electrons. The number of rotatable bonds is 31. The van der Waals surface area contributed by atoms with Crippen LogP contribution in [0.4, 0.5) is 0 Å². The number of benzene rings is 2. The van der Waals surface area contributed by atoms with Crippen LogP contribution in [0.3, 0.4) is 0 Å². The standard InChI is InChI=1S/C27H32O8.C18H30O8/c1-5-25(30)34-17-21(28)15-32-23-11-7-19(8-12-23)27(3,4)20-9-13-24(14-10-20)33-16-22(29)18-35-26(31)6-2;1-3-17(21)25-13-15(19)11-23-9-7-5-6-8-10-24-12-16(20)14-26-18(22)4-2/h5-14,21-22,28-29H,1-2,15-18H2,3-4H3;3-4,15-16,19-20H,1-2,5-14H2. The molecule has 0 aliphatic rings. The first kappa shape index (κ1) is 53.7. The Bertz CT molecular complexity index is 1490. The van der Waals surface area contributed by atoms with E-state index >= 15 is 0 Å². The molecule has 0 saturated carbocycles. The summed E-state index contributed by atoms with van der Waals surface area (Å²) in [7, 11) is 0. The van der Waals surface area contributed by atoms with Gasteiger partial charge in [0.05, 0.1) is 13.2 Å². The Morgan fingerprint density at radius 1 is 0.475 bits per heavy atom. The largest absolute Gasteiger partial charge is 0.491 e. The second kappa shape index (κ2) is 31.5. The van der Waals surface area contributed by atoms with Gasteiger partial charge in [-0.2, -0.15) is 0 Å². The quantitative estimate of drug-likeness (QED) is 0.0367. The second-order valence-corrected chi connectivity index (χ2v) is 13.8. The van der Waals surface area contributed by atoms with E-state index in [-0.39, 0.29) is 58.3 Å². The lowest BCUT2D eigenvalue weighted by atomic mass is 9.78. The van der Waals surface area contributed by atoms with E-state index in [2.05, 4.69) is 49.6 Å². The van der Waals surface area contributed by atoms with Crippen LogP contribution >= 0.6 is 0 Å². The van der Waals surface area contributed by atoms with E-state index in [9.17, 15) is 39.6 Å². The number of hydrogen-bond acceptors (Lipinski definition) is 16. The van der Waals surface area contributed by atoms with Crippen molar-refractivity contribution >= 4 is 23.9 Å². The second-order valence-electron chi connectivity index (χ2n) is 13.8. The molecule has 0 aliphatic heterocycles. The molecule has 2 aromatic rings. The molecule has 4 atom stereocenters. The summed E-state index contributed by atoms with van der Waals surface area (Å²) in [4.78, 5) is 43.7. The molecule has 4 unspecified atom stereocenters. The number of hydrogen-bond donors (Lipinski definition) is 4. The minimum atomic E-state index is -0.945. The third kappa shape index (κ3) is 25.1. The highest BCUT2D eigenvalue weighted by molar-refractivity contribution is 5.82. The Morgan fingerprint density at radius 3 is 1.03 bits per heavy atom. The molecule has 61 heavy (non-hydrogen) atoms. The topological polar surface area (TPSA) is 223 Å². The highest BCUT2D eigenvalue weighted by atomic mass is 16.6. The van der Waals surface area contributed by atoms with Crippen LogP contribution in [0.25, 0.3) is 0 Å². The molecule has 0 fully saturated rings. The van der Waals surface area contributed by atoms with E-state index < -0.39 is 48.3 Å². The molecule has 0 amide bonds. The predicted molar refractivity (Wildman–Crippen MR) is 225 cm³/mol. The zero-order valence-corrected chi connectivity index (χ0v) is 35.2. The normalized spacial score (nSPS) is 12.8. The summed E-state index contributed by atoms with van der Waals surface area (Å²) in [6.45, 7) is 18.0. The zero-order valence-electron chi connectivity index (χ0n) is 35.2. The lowest BCUT2D eigenvalue weighted by Crippen LogP contribution is -2.25. The van der Waals surface area contributed by atoms with Crippen LogP contribution in [0.2, 0.25) is 0 Å². The van der Waals surface area contributed by atoms with Crippen molar-refractivity contribution < 1.29 is 77.5 Å². The fourth-order valence-electron chi connectivity index (χ4n) is 4.83. The van der Waals surface area contributed by atoms with Crippen LogP contribution in [0.1, 0.15) is 50.7 Å². The van der Waals surface area contributed by atoms with Gasteiger partial charge < -0.3 is 58.3 Å². The average Bonchev–Trinajstić information content (AvgIpc) is 3.27.